The number of methoxy groups -OCH3 is 1. The van der Waals surface area contributed by atoms with Gasteiger partial charge in [0, 0.05) is 88.9 Å². The summed E-state index contributed by atoms with van der Waals surface area (Å²) in [5, 5.41) is 16.0. The number of morpholine rings is 1. The average molecular weight is 1000 g/mol. The number of amides is 1. The third-order valence-corrected chi connectivity index (χ3v) is 15.1. The molecule has 3 aromatic carbocycles. The average Bonchev–Trinajstić information content (AvgIpc) is 3.80. The molecule has 5 aromatic rings. The minimum absolute atomic E-state index is 0.00305. The third kappa shape index (κ3) is 12.2. The number of ether oxygens (including phenoxy) is 3. The molecule has 0 radical (unpaired) electrons. The van der Waals surface area contributed by atoms with Gasteiger partial charge in [-0.3, -0.25) is 24.6 Å². The number of ketones is 1. The first-order valence-electron chi connectivity index (χ1n) is 23.5. The predicted molar refractivity (Wildman–Crippen MR) is 263 cm³/mol. The Morgan fingerprint density at radius 3 is 2.55 bits per heavy atom. The van der Waals surface area contributed by atoms with Gasteiger partial charge in [0.15, 0.2) is 15.6 Å². The van der Waals surface area contributed by atoms with Crippen molar-refractivity contribution in [1.29, 1.82) is 0 Å². The molecule has 1 unspecified atom stereocenters. The molecular weight excluding hydrogens is 944 g/mol. The van der Waals surface area contributed by atoms with Gasteiger partial charge in [-0.05, 0) is 103 Å². The number of halogens is 3. The number of aryl methyl sites for hydroxylation is 1. The van der Waals surface area contributed by atoms with Gasteiger partial charge in [0.25, 0.3) is 5.69 Å². The van der Waals surface area contributed by atoms with Crippen LogP contribution in [-0.2, 0) is 30.3 Å². The fourth-order valence-electron chi connectivity index (χ4n) is 9.57. The summed E-state index contributed by atoms with van der Waals surface area (Å²) in [4.78, 5) is 51.1. The number of nitrogens with one attached hydrogen (secondary N) is 2. The van der Waals surface area contributed by atoms with Crippen LogP contribution in [0.25, 0.3) is 16.6 Å². The number of hydrogen-bond acceptors (Lipinski definition) is 13. The maximum Gasteiger partial charge on any atom is 0.416 e. The maximum atomic E-state index is 14.1. The van der Waals surface area contributed by atoms with Gasteiger partial charge in [-0.25, -0.2) is 13.4 Å². The molecule has 8 rings (SSSR count). The van der Waals surface area contributed by atoms with Gasteiger partial charge in [0.05, 0.1) is 39.9 Å². The number of nitro groups is 1. The minimum atomic E-state index is -4.42. The van der Waals surface area contributed by atoms with Gasteiger partial charge in [0.2, 0.25) is 5.91 Å². The van der Waals surface area contributed by atoms with E-state index < -0.39 is 48.6 Å². The number of alkyl halides is 3. The molecule has 0 saturated carbocycles. The highest BCUT2D eigenvalue weighted by Crippen LogP contribution is 2.45. The van der Waals surface area contributed by atoms with Gasteiger partial charge in [0.1, 0.15) is 35.2 Å². The van der Waals surface area contributed by atoms with Gasteiger partial charge in [-0.1, -0.05) is 25.5 Å². The van der Waals surface area contributed by atoms with E-state index in [1.54, 1.807) is 42.3 Å². The fraction of sp³-hybridized carbons (Fsp3) is 0.431. The van der Waals surface area contributed by atoms with Crippen molar-refractivity contribution in [2.24, 2.45) is 5.41 Å². The number of piperazine rings is 1. The maximum absolute atomic E-state index is 14.1. The molecule has 4 heterocycles. The van der Waals surface area contributed by atoms with Crippen LogP contribution < -0.4 is 15.0 Å². The number of H-pyrrole nitrogens is 1. The summed E-state index contributed by atoms with van der Waals surface area (Å²) < 4.78 is 85.6. The predicted octanol–water partition coefficient (Wildman–Crippen LogP) is 8.71. The highest BCUT2D eigenvalue weighted by atomic mass is 32.2. The van der Waals surface area contributed by atoms with Crippen molar-refractivity contribution >= 4 is 55.2 Å². The van der Waals surface area contributed by atoms with E-state index in [4.69, 9.17) is 14.2 Å². The molecule has 2 aliphatic heterocycles. The number of nitrogens with zero attached hydrogens (tertiary/aromatic N) is 5. The topological polar surface area (TPSA) is 190 Å². The number of rotatable bonds is 17. The van der Waals surface area contributed by atoms with Crippen molar-refractivity contribution in [3.8, 4) is 11.5 Å². The second-order valence-corrected chi connectivity index (χ2v) is 21.2. The first-order valence-corrected chi connectivity index (χ1v) is 25.2. The summed E-state index contributed by atoms with van der Waals surface area (Å²) in [7, 11) is -2.98. The van der Waals surface area contributed by atoms with Crippen molar-refractivity contribution in [1.82, 2.24) is 19.8 Å². The van der Waals surface area contributed by atoms with Gasteiger partial charge < -0.3 is 34.3 Å². The number of benzene rings is 3. The zero-order chi connectivity index (χ0) is 50.7. The molecule has 378 valence electrons. The number of anilines is 2. The Morgan fingerprint density at radius 2 is 1.82 bits per heavy atom. The highest BCUT2D eigenvalue weighted by Gasteiger charge is 2.34. The molecule has 16 nitrogen and oxygen atoms in total. The molecule has 2 aromatic heterocycles. The molecule has 2 saturated heterocycles. The van der Waals surface area contributed by atoms with E-state index in [2.05, 4.69) is 38.9 Å². The summed E-state index contributed by atoms with van der Waals surface area (Å²) >= 11 is 0. The lowest BCUT2D eigenvalue weighted by molar-refractivity contribution is -0.384. The minimum Gasteiger partial charge on any atom is -0.455 e. The van der Waals surface area contributed by atoms with E-state index >= 15 is 0 Å². The van der Waals surface area contributed by atoms with Gasteiger partial charge in [-0.2, -0.15) is 13.2 Å². The van der Waals surface area contributed by atoms with Crippen LogP contribution in [0.5, 0.6) is 11.5 Å². The second-order valence-electron chi connectivity index (χ2n) is 19.2. The number of sulfone groups is 1. The second kappa shape index (κ2) is 21.2. The van der Waals surface area contributed by atoms with Crippen LogP contribution in [0.4, 0.5) is 30.2 Å². The van der Waals surface area contributed by atoms with E-state index in [0.29, 0.717) is 75.8 Å². The molecule has 3 aliphatic rings. The number of allylic oxidation sites excluding steroid dienone is 1. The Labute approximate surface area is 410 Å². The summed E-state index contributed by atoms with van der Waals surface area (Å²) in [6, 6.07) is 16.0. The van der Waals surface area contributed by atoms with Gasteiger partial charge >= 0.3 is 6.18 Å². The quantitative estimate of drug-likeness (QED) is 0.0512. The summed E-state index contributed by atoms with van der Waals surface area (Å²) in [6.07, 6.45) is 1.46. The number of hydrogen-bond donors (Lipinski definition) is 2. The lowest BCUT2D eigenvalue weighted by atomic mass is 9.72. The lowest BCUT2D eigenvalue weighted by Gasteiger charge is -2.39. The van der Waals surface area contributed by atoms with Crippen LogP contribution in [0.2, 0.25) is 0 Å². The van der Waals surface area contributed by atoms with E-state index in [0.717, 1.165) is 47.5 Å². The first kappa shape index (κ1) is 51.0. The summed E-state index contributed by atoms with van der Waals surface area (Å²) in [6.45, 7) is 10.7. The number of carbonyl (C=O) groups excluding carboxylic acids is 2. The van der Waals surface area contributed by atoms with Crippen LogP contribution in [0.3, 0.4) is 0 Å². The molecule has 1 atom stereocenters. The van der Waals surface area contributed by atoms with Crippen LogP contribution in [0.1, 0.15) is 66.6 Å². The molecule has 2 N–H and O–H groups in total. The summed E-state index contributed by atoms with van der Waals surface area (Å²) in [5.74, 6) is -1.54. The highest BCUT2D eigenvalue weighted by molar-refractivity contribution is 7.92. The Kier molecular flexibility index (Phi) is 15.2. The molecular formula is C51H58F3N7O9S. The molecule has 20 heteroatoms. The Morgan fingerprint density at radius 1 is 1.03 bits per heavy atom. The number of carbonyl (C=O) groups is 2. The van der Waals surface area contributed by atoms with E-state index in [9.17, 15) is 41.3 Å². The van der Waals surface area contributed by atoms with E-state index in [-0.39, 0.29) is 47.6 Å². The summed E-state index contributed by atoms with van der Waals surface area (Å²) in [5.41, 5.74) is 4.09. The normalized spacial score (nSPS) is 17.9. The number of nitro benzene ring substituents is 1. The number of fused-ring (bicyclic) bond motifs is 1. The van der Waals surface area contributed by atoms with Crippen molar-refractivity contribution in [2.45, 2.75) is 63.6 Å². The Hall–Kier alpha value is -6.35. The smallest absolute Gasteiger partial charge is 0.416 e. The van der Waals surface area contributed by atoms with E-state index in [1.165, 1.54) is 49.2 Å². The zero-order valence-corrected chi connectivity index (χ0v) is 41.0. The molecule has 1 aliphatic carbocycles. The first-order chi connectivity index (χ1) is 33.8. The molecule has 2 fully saturated rings. The molecule has 0 bridgehead atoms. The van der Waals surface area contributed by atoms with Crippen LogP contribution in [0.15, 0.2) is 89.6 Å². The standard InChI is InChI=1S/C51H58F3N7O9S/c1-33-23-36(51(52,53)54)5-8-41(33)43-27-50(2,3)14-11-35(43)29-58-17-19-59(20-18-58)37-6-9-42(47(25-37)70-39-24-34-12-15-56-49(34)57-28-39)46(62)32-71(66,67)40-7-10-44(45(26-40)61(64)65)55-16-13-38-30-60(21-22-69-38)48(63)31-68-4/h5-10,12,15,23-26,28,38,55H,11,13-14,16-22,27,29-32H2,1-4H3,(H,56,57). The number of Topliss-reactive ketones (excluding diaryl/α,β-unsaturated/α-hetero) is 1. The van der Waals surface area contributed by atoms with E-state index in [1.807, 2.05) is 6.07 Å². The van der Waals surface area contributed by atoms with Crippen LogP contribution >= 0.6 is 0 Å². The molecule has 71 heavy (non-hydrogen) atoms. The lowest BCUT2D eigenvalue weighted by Crippen LogP contribution is -2.47. The fourth-order valence-corrected chi connectivity index (χ4v) is 10.8. The van der Waals surface area contributed by atoms with Crippen molar-refractivity contribution in [2.75, 3.05) is 88.7 Å². The SMILES string of the molecule is COCC(=O)N1CCOC(CCNc2ccc(S(=O)(=O)CC(=O)c3ccc(N4CCN(CC5=C(c6ccc(C(F)(F)F)cc6C)CC(C)(C)CC5)CC4)cc3Oc3cnc4[nH]ccc4c3)cc2[N+](=O)[O-])C1. The van der Waals surface area contributed by atoms with Crippen molar-refractivity contribution in [3.05, 3.63) is 117 Å². The zero-order valence-electron chi connectivity index (χ0n) is 40.1. The number of pyridine rings is 1. The largest absolute Gasteiger partial charge is 0.455 e. The Balaban J connectivity index is 0.974. The van der Waals surface area contributed by atoms with Crippen LogP contribution in [0, 0.1) is 22.5 Å². The molecule has 1 amide bonds. The Bertz CT molecular complexity index is 2950. The van der Waals surface area contributed by atoms with Crippen LogP contribution in [-0.4, -0.2) is 129 Å². The van der Waals surface area contributed by atoms with Crippen molar-refractivity contribution in [3.63, 3.8) is 0 Å². The van der Waals surface area contributed by atoms with Gasteiger partial charge in [-0.15, -0.1) is 0 Å². The third-order valence-electron chi connectivity index (χ3n) is 13.5. The molecule has 0 spiro atoms. The van der Waals surface area contributed by atoms with Crippen molar-refractivity contribution < 1.29 is 50.3 Å². The number of aromatic nitrogens is 2. The monoisotopic (exact) mass is 1000 g/mol. The number of aromatic amines is 1.